The molecule has 3 unspecified atom stereocenters. The smallest absolute Gasteiger partial charge is 0.190 e. The van der Waals surface area contributed by atoms with Crippen molar-refractivity contribution >= 4 is 11.5 Å². The van der Waals surface area contributed by atoms with E-state index in [-0.39, 0.29) is 11.9 Å². The lowest BCUT2D eigenvalue weighted by atomic mass is 10.00. The maximum atomic E-state index is 9.96. The molecule has 6 nitrogen and oxygen atoms in total. The molecule has 3 rings (SSSR count). The highest BCUT2D eigenvalue weighted by Gasteiger charge is 2.42. The number of aromatic nitrogens is 1. The van der Waals surface area contributed by atoms with Crippen molar-refractivity contribution in [3.63, 3.8) is 0 Å². The first-order chi connectivity index (χ1) is 9.20. The molecule has 1 saturated heterocycles. The molecule has 0 radical (unpaired) electrons. The Bertz CT molecular complexity index is 505. The number of rotatable bonds is 2. The molecule has 102 valence electrons. The van der Waals surface area contributed by atoms with Crippen LogP contribution in [0.15, 0.2) is 23.5 Å². The molecule has 0 amide bonds. The van der Waals surface area contributed by atoms with Gasteiger partial charge in [0.1, 0.15) is 5.69 Å². The van der Waals surface area contributed by atoms with E-state index in [2.05, 4.69) is 15.0 Å². The minimum atomic E-state index is -0.195. The van der Waals surface area contributed by atoms with Crippen LogP contribution >= 0.6 is 0 Å². The summed E-state index contributed by atoms with van der Waals surface area (Å²) in [6.45, 7) is 1.71. The van der Waals surface area contributed by atoms with Crippen LogP contribution in [0.5, 0.6) is 0 Å². The van der Waals surface area contributed by atoms with Crippen LogP contribution in [0.3, 0.4) is 0 Å². The summed E-state index contributed by atoms with van der Waals surface area (Å²) >= 11 is 0. The van der Waals surface area contributed by atoms with Gasteiger partial charge in [-0.15, -0.1) is 0 Å². The Morgan fingerprint density at radius 3 is 3.00 bits per heavy atom. The Morgan fingerprint density at radius 2 is 2.26 bits per heavy atom. The summed E-state index contributed by atoms with van der Waals surface area (Å²) in [5.74, 6) is 0.892. The number of hydrogen-bond acceptors (Lipinski definition) is 5. The fourth-order valence-corrected chi connectivity index (χ4v) is 3.33. The quantitative estimate of drug-likeness (QED) is 0.310. The molecule has 0 spiro atoms. The lowest BCUT2D eigenvalue weighted by Gasteiger charge is -2.22. The topological polar surface area (TPSA) is 95.0 Å². The summed E-state index contributed by atoms with van der Waals surface area (Å²) in [5, 5.41) is 21.8. The number of aliphatic hydroxyl groups excluding tert-OH is 1. The maximum Gasteiger partial charge on any atom is 0.190 e. The number of oxime groups is 1. The number of pyridine rings is 1. The minimum absolute atomic E-state index is 0.0215. The zero-order valence-corrected chi connectivity index (χ0v) is 10.6. The highest BCUT2D eigenvalue weighted by atomic mass is 16.4. The monoisotopic (exact) mass is 262 g/mol. The first kappa shape index (κ1) is 12.2. The van der Waals surface area contributed by atoms with E-state index < -0.39 is 0 Å². The van der Waals surface area contributed by atoms with Crippen molar-refractivity contribution in [2.45, 2.75) is 18.9 Å². The molecule has 1 aromatic rings. The van der Waals surface area contributed by atoms with Gasteiger partial charge in [-0.25, -0.2) is 0 Å². The first-order valence-corrected chi connectivity index (χ1v) is 6.56. The van der Waals surface area contributed by atoms with E-state index in [9.17, 15) is 5.11 Å². The standard InChI is InChI=1S/C13H18N4O2/c14-13(16-19)12-10(2-1-5-15-12)17-6-8-3-4-11(18)9(8)7-17/h1-2,5,8-9,11,18-19H,3-4,6-7H2,(H2,14,16). The summed E-state index contributed by atoms with van der Waals surface area (Å²) < 4.78 is 0. The van der Waals surface area contributed by atoms with Gasteiger partial charge < -0.3 is 20.9 Å². The van der Waals surface area contributed by atoms with Crippen molar-refractivity contribution in [2.24, 2.45) is 22.7 Å². The predicted molar refractivity (Wildman–Crippen MR) is 71.2 cm³/mol. The fourth-order valence-electron chi connectivity index (χ4n) is 3.33. The Kier molecular flexibility index (Phi) is 3.02. The SMILES string of the molecule is N/C(=N/O)c1ncccc1N1CC2CCC(O)C2C1. The molecule has 4 N–H and O–H groups in total. The zero-order chi connectivity index (χ0) is 13.4. The minimum Gasteiger partial charge on any atom is -0.409 e. The van der Waals surface area contributed by atoms with Gasteiger partial charge in [0.25, 0.3) is 0 Å². The number of nitrogens with zero attached hydrogens (tertiary/aromatic N) is 3. The Hall–Kier alpha value is -1.82. The van der Waals surface area contributed by atoms with Gasteiger partial charge >= 0.3 is 0 Å². The van der Waals surface area contributed by atoms with Crippen LogP contribution in [-0.2, 0) is 0 Å². The number of aliphatic hydroxyl groups is 1. The second-order valence-corrected chi connectivity index (χ2v) is 5.33. The Morgan fingerprint density at radius 1 is 1.42 bits per heavy atom. The third-order valence-corrected chi connectivity index (χ3v) is 4.30. The largest absolute Gasteiger partial charge is 0.409 e. The summed E-state index contributed by atoms with van der Waals surface area (Å²) in [7, 11) is 0. The van der Waals surface area contributed by atoms with Crippen molar-refractivity contribution < 1.29 is 10.3 Å². The molecule has 19 heavy (non-hydrogen) atoms. The summed E-state index contributed by atoms with van der Waals surface area (Å²) in [6, 6.07) is 3.77. The molecule has 1 aromatic heterocycles. The van der Waals surface area contributed by atoms with Gasteiger partial charge in [-0.05, 0) is 30.9 Å². The van der Waals surface area contributed by atoms with Crippen LogP contribution in [0.1, 0.15) is 18.5 Å². The molecular weight excluding hydrogens is 244 g/mol. The van der Waals surface area contributed by atoms with E-state index in [0.29, 0.717) is 17.5 Å². The summed E-state index contributed by atoms with van der Waals surface area (Å²) in [5.41, 5.74) is 7.04. The summed E-state index contributed by atoms with van der Waals surface area (Å²) in [4.78, 5) is 6.37. The van der Waals surface area contributed by atoms with Crippen molar-refractivity contribution in [3.8, 4) is 0 Å². The van der Waals surface area contributed by atoms with Gasteiger partial charge in [-0.2, -0.15) is 0 Å². The number of fused-ring (bicyclic) bond motifs is 1. The number of amidine groups is 1. The first-order valence-electron chi connectivity index (χ1n) is 6.56. The molecule has 1 aliphatic carbocycles. The van der Waals surface area contributed by atoms with Gasteiger partial charge in [-0.1, -0.05) is 5.16 Å². The van der Waals surface area contributed by atoms with Crippen LogP contribution < -0.4 is 10.6 Å². The highest BCUT2D eigenvalue weighted by molar-refractivity contribution is 6.00. The average Bonchev–Trinajstić information content (AvgIpc) is 3.00. The molecular formula is C13H18N4O2. The lowest BCUT2D eigenvalue weighted by Crippen LogP contribution is -2.28. The fraction of sp³-hybridized carbons (Fsp3) is 0.538. The van der Waals surface area contributed by atoms with E-state index in [1.54, 1.807) is 6.20 Å². The normalized spacial score (nSPS) is 30.7. The van der Waals surface area contributed by atoms with Crippen molar-refractivity contribution in [2.75, 3.05) is 18.0 Å². The van der Waals surface area contributed by atoms with E-state index >= 15 is 0 Å². The number of anilines is 1. The molecule has 1 aliphatic heterocycles. The van der Waals surface area contributed by atoms with Gasteiger partial charge in [-0.3, -0.25) is 4.98 Å². The van der Waals surface area contributed by atoms with Crippen LogP contribution in [0.25, 0.3) is 0 Å². The maximum absolute atomic E-state index is 9.96. The van der Waals surface area contributed by atoms with Gasteiger partial charge in [0.2, 0.25) is 0 Å². The molecule has 2 fully saturated rings. The van der Waals surface area contributed by atoms with Crippen LogP contribution in [0, 0.1) is 11.8 Å². The summed E-state index contributed by atoms with van der Waals surface area (Å²) in [6.07, 6.45) is 3.41. The molecule has 2 aliphatic rings. The lowest BCUT2D eigenvalue weighted by molar-refractivity contribution is 0.133. The molecule has 1 saturated carbocycles. The third-order valence-electron chi connectivity index (χ3n) is 4.30. The second-order valence-electron chi connectivity index (χ2n) is 5.33. The van der Waals surface area contributed by atoms with Crippen LogP contribution in [0.4, 0.5) is 5.69 Å². The molecule has 3 atom stereocenters. The van der Waals surface area contributed by atoms with E-state index in [1.807, 2.05) is 12.1 Å². The third kappa shape index (κ3) is 2.02. The molecule has 2 heterocycles. The van der Waals surface area contributed by atoms with Crippen molar-refractivity contribution in [1.82, 2.24) is 4.98 Å². The number of nitrogens with two attached hydrogens (primary N) is 1. The predicted octanol–water partition coefficient (Wildman–Crippen LogP) is 0.383. The van der Waals surface area contributed by atoms with E-state index in [0.717, 1.165) is 31.6 Å². The van der Waals surface area contributed by atoms with Crippen LogP contribution in [-0.4, -0.2) is 40.3 Å². The highest BCUT2D eigenvalue weighted by Crippen LogP contribution is 2.40. The van der Waals surface area contributed by atoms with Gasteiger partial charge in [0.05, 0.1) is 11.8 Å². The number of hydrogen-bond donors (Lipinski definition) is 3. The second kappa shape index (κ2) is 4.70. The van der Waals surface area contributed by atoms with Crippen molar-refractivity contribution in [3.05, 3.63) is 24.0 Å². The van der Waals surface area contributed by atoms with E-state index in [4.69, 9.17) is 10.9 Å². The Balaban J connectivity index is 1.88. The molecule has 6 heteroatoms. The van der Waals surface area contributed by atoms with Gasteiger partial charge in [0, 0.05) is 25.2 Å². The molecule has 0 aromatic carbocycles. The Labute approximate surface area is 111 Å². The van der Waals surface area contributed by atoms with Crippen LogP contribution in [0.2, 0.25) is 0 Å². The van der Waals surface area contributed by atoms with Crippen molar-refractivity contribution in [1.29, 1.82) is 0 Å². The van der Waals surface area contributed by atoms with Gasteiger partial charge in [0.15, 0.2) is 5.84 Å². The zero-order valence-electron chi connectivity index (χ0n) is 10.6. The van der Waals surface area contributed by atoms with E-state index in [1.165, 1.54) is 0 Å². The molecule has 0 bridgehead atoms. The average molecular weight is 262 g/mol.